The fourth-order valence-electron chi connectivity index (χ4n) is 4.00. The first-order chi connectivity index (χ1) is 18.9. The number of carbonyl (C=O) groups excluding carboxylic acids is 1. The summed E-state index contributed by atoms with van der Waals surface area (Å²) < 4.78 is 72.7. The molecule has 9 nitrogen and oxygen atoms in total. The van der Waals surface area contributed by atoms with Gasteiger partial charge in [-0.25, -0.2) is 8.42 Å². The Bertz CT molecular complexity index is 1600. The van der Waals surface area contributed by atoms with Crippen molar-refractivity contribution >= 4 is 26.8 Å². The van der Waals surface area contributed by atoms with E-state index in [-0.39, 0.29) is 33.7 Å². The van der Waals surface area contributed by atoms with Crippen LogP contribution in [0.15, 0.2) is 71.6 Å². The number of nitrogens with zero attached hydrogens (tertiary/aromatic N) is 2. The number of aliphatic hydroxyl groups is 1. The van der Waals surface area contributed by atoms with E-state index in [0.29, 0.717) is 23.1 Å². The predicted molar refractivity (Wildman–Crippen MR) is 140 cm³/mol. The molecule has 1 atom stereocenters. The van der Waals surface area contributed by atoms with Gasteiger partial charge < -0.3 is 19.9 Å². The van der Waals surface area contributed by atoms with Crippen LogP contribution in [0.3, 0.4) is 0 Å². The first-order valence-corrected chi connectivity index (χ1v) is 13.9. The Balaban J connectivity index is 1.52. The molecule has 0 bridgehead atoms. The number of amides is 1. The first-order valence-electron chi connectivity index (χ1n) is 12.2. The number of rotatable bonds is 10. The van der Waals surface area contributed by atoms with Crippen LogP contribution in [0.4, 0.5) is 13.2 Å². The number of halogens is 3. The summed E-state index contributed by atoms with van der Waals surface area (Å²) in [5.41, 5.74) is 1.90. The summed E-state index contributed by atoms with van der Waals surface area (Å²) in [4.78, 5) is 17.6. The SMILES string of the molecule is CCn1c(Oc2ccc(OC(F)(F)F)cc2)nc2cc(C(=O)NC(CO)c3ccc(S(=O)(=O)CC)cc3)ccc21. The van der Waals surface area contributed by atoms with Crippen molar-refractivity contribution in [3.63, 3.8) is 0 Å². The van der Waals surface area contributed by atoms with Crippen molar-refractivity contribution in [2.24, 2.45) is 0 Å². The van der Waals surface area contributed by atoms with Crippen LogP contribution in [0.5, 0.6) is 17.5 Å². The second-order valence-corrected chi connectivity index (χ2v) is 10.9. The van der Waals surface area contributed by atoms with Gasteiger partial charge >= 0.3 is 12.4 Å². The van der Waals surface area contributed by atoms with Crippen molar-refractivity contribution in [1.29, 1.82) is 0 Å². The Morgan fingerprint density at radius 3 is 2.25 bits per heavy atom. The van der Waals surface area contributed by atoms with E-state index in [1.54, 1.807) is 41.8 Å². The highest BCUT2D eigenvalue weighted by molar-refractivity contribution is 7.91. The number of nitrogens with one attached hydrogen (secondary N) is 1. The van der Waals surface area contributed by atoms with Crippen LogP contribution in [-0.2, 0) is 16.4 Å². The summed E-state index contributed by atoms with van der Waals surface area (Å²) in [7, 11) is -3.38. The van der Waals surface area contributed by atoms with Crippen molar-refractivity contribution in [2.45, 2.75) is 37.7 Å². The normalized spacial score (nSPS) is 12.8. The van der Waals surface area contributed by atoms with Crippen LogP contribution in [0.2, 0.25) is 0 Å². The van der Waals surface area contributed by atoms with Gasteiger partial charge in [0.2, 0.25) is 0 Å². The molecule has 1 aromatic heterocycles. The molecular weight excluding hydrogens is 551 g/mol. The molecule has 40 heavy (non-hydrogen) atoms. The lowest BCUT2D eigenvalue weighted by Crippen LogP contribution is -2.30. The molecule has 0 aliphatic heterocycles. The fraction of sp³-hybridized carbons (Fsp3) is 0.259. The quantitative estimate of drug-likeness (QED) is 0.272. The predicted octanol–water partition coefficient (Wildman–Crippen LogP) is 5.00. The molecule has 0 radical (unpaired) electrons. The number of ether oxygens (including phenoxy) is 2. The lowest BCUT2D eigenvalue weighted by atomic mass is 10.1. The summed E-state index contributed by atoms with van der Waals surface area (Å²) in [5, 5.41) is 12.6. The van der Waals surface area contributed by atoms with Gasteiger partial charge in [0.25, 0.3) is 5.91 Å². The second-order valence-electron chi connectivity index (χ2n) is 8.64. The Morgan fingerprint density at radius 2 is 1.68 bits per heavy atom. The third-order valence-electron chi connectivity index (χ3n) is 6.07. The number of aliphatic hydroxyl groups excluding tert-OH is 1. The number of alkyl halides is 3. The van der Waals surface area contributed by atoms with Gasteiger partial charge in [-0.3, -0.25) is 9.36 Å². The van der Waals surface area contributed by atoms with Gasteiger partial charge in [-0.05, 0) is 67.1 Å². The van der Waals surface area contributed by atoms with E-state index in [4.69, 9.17) is 4.74 Å². The Labute approximate surface area is 228 Å². The van der Waals surface area contributed by atoms with Crippen LogP contribution >= 0.6 is 0 Å². The fourth-order valence-corrected chi connectivity index (χ4v) is 4.88. The Hall–Kier alpha value is -4.10. The van der Waals surface area contributed by atoms with Gasteiger partial charge in [0.15, 0.2) is 9.84 Å². The molecule has 4 rings (SSSR count). The minimum atomic E-state index is -4.80. The van der Waals surface area contributed by atoms with E-state index in [1.165, 1.54) is 24.3 Å². The number of hydrogen-bond acceptors (Lipinski definition) is 7. The van der Waals surface area contributed by atoms with E-state index in [9.17, 15) is 31.5 Å². The van der Waals surface area contributed by atoms with Gasteiger partial charge in [0.05, 0.1) is 34.3 Å². The van der Waals surface area contributed by atoms with Gasteiger partial charge in [-0.2, -0.15) is 4.98 Å². The van der Waals surface area contributed by atoms with Gasteiger partial charge in [-0.15, -0.1) is 13.2 Å². The third kappa shape index (κ3) is 6.54. The standard InChI is InChI=1S/C27H26F3N3O6S/c1-3-33-24-14-7-18(25(35)31-23(16-34)17-5-12-21(13-6-17)40(36,37)4-2)15-22(24)32-26(33)38-19-8-10-20(11-9-19)39-27(28,29)30/h5-15,23,34H,3-4,16H2,1-2H3,(H,31,35). The lowest BCUT2D eigenvalue weighted by molar-refractivity contribution is -0.274. The highest BCUT2D eigenvalue weighted by atomic mass is 32.2. The van der Waals surface area contributed by atoms with Crippen molar-refractivity contribution < 1.29 is 41.0 Å². The zero-order chi connectivity index (χ0) is 29.1. The Morgan fingerprint density at radius 1 is 1.02 bits per heavy atom. The maximum Gasteiger partial charge on any atom is 0.573 e. The largest absolute Gasteiger partial charge is 0.573 e. The highest BCUT2D eigenvalue weighted by Gasteiger charge is 2.31. The molecule has 1 unspecified atom stereocenters. The molecule has 1 amide bonds. The minimum absolute atomic E-state index is 0.0429. The van der Waals surface area contributed by atoms with Gasteiger partial charge in [0, 0.05) is 12.1 Å². The average Bonchev–Trinajstić information content (AvgIpc) is 3.28. The number of benzene rings is 3. The maximum atomic E-state index is 13.0. The molecule has 1 heterocycles. The van der Waals surface area contributed by atoms with Crippen molar-refractivity contribution in [1.82, 2.24) is 14.9 Å². The van der Waals surface area contributed by atoms with Crippen LogP contribution in [-0.4, -0.2) is 47.7 Å². The molecule has 0 aliphatic carbocycles. The van der Waals surface area contributed by atoms with Crippen LogP contribution in [0, 0.1) is 0 Å². The summed E-state index contributed by atoms with van der Waals surface area (Å²) in [6.45, 7) is 3.45. The number of aromatic nitrogens is 2. The monoisotopic (exact) mass is 577 g/mol. The topological polar surface area (TPSA) is 120 Å². The second kappa shape index (κ2) is 11.6. The molecule has 0 fully saturated rings. The van der Waals surface area contributed by atoms with E-state index in [1.807, 2.05) is 6.92 Å². The van der Waals surface area contributed by atoms with Crippen LogP contribution in [0.1, 0.15) is 35.8 Å². The van der Waals surface area contributed by atoms with E-state index < -0.39 is 34.8 Å². The van der Waals surface area contributed by atoms with E-state index >= 15 is 0 Å². The van der Waals surface area contributed by atoms with Gasteiger partial charge in [-0.1, -0.05) is 19.1 Å². The molecule has 3 aromatic carbocycles. The van der Waals surface area contributed by atoms with Gasteiger partial charge in [0.1, 0.15) is 11.5 Å². The summed E-state index contributed by atoms with van der Waals surface area (Å²) in [6.07, 6.45) is -4.80. The summed E-state index contributed by atoms with van der Waals surface area (Å²) in [6, 6.07) is 15.1. The first kappa shape index (κ1) is 28.9. The van der Waals surface area contributed by atoms with Crippen molar-refractivity contribution in [3.05, 3.63) is 77.9 Å². The molecule has 0 spiro atoms. The molecule has 4 aromatic rings. The van der Waals surface area contributed by atoms with E-state index in [0.717, 1.165) is 12.1 Å². The summed E-state index contributed by atoms with van der Waals surface area (Å²) in [5.74, 6) is -0.678. The smallest absolute Gasteiger partial charge is 0.425 e. The third-order valence-corrected chi connectivity index (χ3v) is 7.82. The number of hydrogen-bond donors (Lipinski definition) is 2. The molecule has 2 N–H and O–H groups in total. The molecule has 13 heteroatoms. The molecular formula is C27H26F3N3O6S. The highest BCUT2D eigenvalue weighted by Crippen LogP contribution is 2.30. The van der Waals surface area contributed by atoms with E-state index in [2.05, 4.69) is 15.0 Å². The minimum Gasteiger partial charge on any atom is -0.425 e. The zero-order valence-electron chi connectivity index (χ0n) is 21.5. The van der Waals surface area contributed by atoms with Crippen molar-refractivity contribution in [2.75, 3.05) is 12.4 Å². The number of sulfone groups is 1. The summed E-state index contributed by atoms with van der Waals surface area (Å²) >= 11 is 0. The number of fused-ring (bicyclic) bond motifs is 1. The Kier molecular flexibility index (Phi) is 8.35. The zero-order valence-corrected chi connectivity index (χ0v) is 22.3. The maximum absolute atomic E-state index is 13.0. The lowest BCUT2D eigenvalue weighted by Gasteiger charge is -2.17. The van der Waals surface area contributed by atoms with Crippen LogP contribution < -0.4 is 14.8 Å². The number of imidazole rings is 1. The molecule has 212 valence electrons. The number of aryl methyl sites for hydroxylation is 1. The molecule has 0 aliphatic rings. The van der Waals surface area contributed by atoms with Crippen LogP contribution in [0.25, 0.3) is 11.0 Å². The van der Waals surface area contributed by atoms with Crippen molar-refractivity contribution in [3.8, 4) is 17.5 Å². The molecule has 0 saturated carbocycles. The molecule has 0 saturated heterocycles. The average molecular weight is 578 g/mol. The number of carbonyl (C=O) groups is 1.